The second-order valence-corrected chi connectivity index (χ2v) is 8.73. The molecule has 5 nitrogen and oxygen atoms in total. The Labute approximate surface area is 207 Å². The number of hydrogen-bond donors (Lipinski definition) is 4. The number of hydrogen-bond acceptors (Lipinski definition) is 4. The van der Waals surface area contributed by atoms with Crippen LogP contribution in [0.25, 0.3) is 11.1 Å². The van der Waals surface area contributed by atoms with Crippen LogP contribution in [-0.4, -0.2) is 24.2 Å². The monoisotopic (exact) mass is 464 g/mol. The first-order valence-corrected chi connectivity index (χ1v) is 12.0. The Morgan fingerprint density at radius 3 is 2.60 bits per heavy atom. The first-order chi connectivity index (χ1) is 17.0. The lowest BCUT2D eigenvalue weighted by Gasteiger charge is -2.26. The third kappa shape index (κ3) is 5.58. The van der Waals surface area contributed by atoms with Gasteiger partial charge in [-0.2, -0.15) is 0 Å². The van der Waals surface area contributed by atoms with Gasteiger partial charge in [0.15, 0.2) is 0 Å². The highest BCUT2D eigenvalue weighted by atomic mass is 16.2. The fourth-order valence-corrected chi connectivity index (χ4v) is 4.44. The highest BCUT2D eigenvalue weighted by Crippen LogP contribution is 2.26. The Morgan fingerprint density at radius 2 is 1.86 bits per heavy atom. The number of amides is 1. The van der Waals surface area contributed by atoms with E-state index in [-0.39, 0.29) is 11.9 Å². The normalized spacial score (nSPS) is 15.9. The number of nitrogen functional groups attached to an aromatic ring is 1. The second kappa shape index (κ2) is 11.0. The van der Waals surface area contributed by atoms with Crippen LogP contribution in [0.3, 0.4) is 0 Å². The third-order valence-corrected chi connectivity index (χ3v) is 6.40. The van der Waals surface area contributed by atoms with E-state index in [2.05, 4.69) is 23.6 Å². The van der Waals surface area contributed by atoms with Gasteiger partial charge in [-0.15, -0.1) is 0 Å². The van der Waals surface area contributed by atoms with Crippen LogP contribution in [0, 0.1) is 5.41 Å². The van der Waals surface area contributed by atoms with E-state index in [0.29, 0.717) is 35.6 Å². The molecule has 3 aromatic carbocycles. The molecule has 1 aliphatic rings. The molecular formula is C30H32N4O. The molecule has 0 saturated heterocycles. The number of carbonyl (C=O) groups is 1. The molecular weight excluding hydrogens is 432 g/mol. The predicted octanol–water partition coefficient (Wildman–Crippen LogP) is 5.94. The largest absolute Gasteiger partial charge is 0.398 e. The summed E-state index contributed by atoms with van der Waals surface area (Å²) in [4.78, 5) is 13.0. The summed E-state index contributed by atoms with van der Waals surface area (Å²) >= 11 is 0. The number of nitrogens with two attached hydrogens (primary N) is 1. The summed E-state index contributed by atoms with van der Waals surface area (Å²) in [7, 11) is 0. The molecule has 0 saturated carbocycles. The summed E-state index contributed by atoms with van der Waals surface area (Å²) in [5, 5.41) is 15.2. The lowest BCUT2D eigenvalue weighted by atomic mass is 9.93. The van der Waals surface area contributed by atoms with Gasteiger partial charge in [0.1, 0.15) is 0 Å². The van der Waals surface area contributed by atoms with Crippen molar-refractivity contribution < 1.29 is 4.79 Å². The summed E-state index contributed by atoms with van der Waals surface area (Å²) in [6.07, 6.45) is 5.75. The molecule has 0 bridgehead atoms. The summed E-state index contributed by atoms with van der Waals surface area (Å²) in [6.45, 7) is 4.85. The van der Waals surface area contributed by atoms with Crippen molar-refractivity contribution in [3.8, 4) is 11.1 Å². The van der Waals surface area contributed by atoms with Crippen molar-refractivity contribution in [2.75, 3.05) is 17.6 Å². The first kappa shape index (κ1) is 24.2. The fourth-order valence-electron chi connectivity index (χ4n) is 4.44. The average molecular weight is 465 g/mol. The molecule has 1 unspecified atom stereocenters. The molecule has 1 amide bonds. The zero-order chi connectivity index (χ0) is 24.8. The van der Waals surface area contributed by atoms with E-state index in [9.17, 15) is 4.79 Å². The van der Waals surface area contributed by atoms with E-state index in [1.165, 1.54) is 11.1 Å². The van der Waals surface area contributed by atoms with Gasteiger partial charge in [-0.1, -0.05) is 73.2 Å². The molecule has 0 radical (unpaired) electrons. The van der Waals surface area contributed by atoms with Gasteiger partial charge in [0.2, 0.25) is 5.91 Å². The summed E-state index contributed by atoms with van der Waals surface area (Å²) in [5.74, 6) is -0.0875. The molecule has 5 N–H and O–H groups in total. The molecule has 35 heavy (non-hydrogen) atoms. The maximum atomic E-state index is 13.0. The van der Waals surface area contributed by atoms with Crippen molar-refractivity contribution in [3.05, 3.63) is 107 Å². The lowest BCUT2D eigenvalue weighted by molar-refractivity contribution is -0.118. The molecule has 178 valence electrons. The van der Waals surface area contributed by atoms with Gasteiger partial charge in [-0.3, -0.25) is 10.2 Å². The summed E-state index contributed by atoms with van der Waals surface area (Å²) in [5.41, 5.74) is 13.8. The van der Waals surface area contributed by atoms with Gasteiger partial charge in [-0.05, 0) is 60.7 Å². The van der Waals surface area contributed by atoms with Gasteiger partial charge < -0.3 is 16.4 Å². The summed E-state index contributed by atoms with van der Waals surface area (Å²) in [6, 6.07) is 23.0. The number of carbonyl (C=O) groups excluding carboxylic acids is 1. The van der Waals surface area contributed by atoms with E-state index in [4.69, 9.17) is 11.1 Å². The molecule has 5 heteroatoms. The second-order valence-electron chi connectivity index (χ2n) is 8.73. The standard InChI is InChI=1S/C30H32N4O/c1-3-9-22-17-28(33-19-20(22)4-2)30(35)34-25-14-15-27(31)26(18-25)29(32)24-13-8-12-23(16-24)21-10-6-5-7-11-21/h3,5-16,18,28,32-33H,4,17,19,31H2,1-2H3,(H,34,35)/b9-3-,32-29?. The van der Waals surface area contributed by atoms with Gasteiger partial charge in [-0.25, -0.2) is 0 Å². The van der Waals surface area contributed by atoms with E-state index in [1.54, 1.807) is 18.2 Å². The Hall–Kier alpha value is -3.96. The SMILES string of the molecule is C/C=C\C1=C(CC)CNC(C(=O)Nc2ccc(N)c(C(=N)c3cccc(-c4ccccc4)c3)c2)C1. The number of allylic oxidation sites excluding steroid dienone is 2. The topological polar surface area (TPSA) is 91.0 Å². The Morgan fingerprint density at radius 1 is 1.09 bits per heavy atom. The van der Waals surface area contributed by atoms with Gasteiger partial charge in [0.05, 0.1) is 11.8 Å². The summed E-state index contributed by atoms with van der Waals surface area (Å²) < 4.78 is 0. The van der Waals surface area contributed by atoms with E-state index >= 15 is 0 Å². The molecule has 4 rings (SSSR count). The van der Waals surface area contributed by atoms with E-state index in [1.807, 2.05) is 67.6 Å². The zero-order valence-electron chi connectivity index (χ0n) is 20.3. The molecule has 0 spiro atoms. The highest BCUT2D eigenvalue weighted by Gasteiger charge is 2.24. The van der Waals surface area contributed by atoms with Crippen LogP contribution < -0.4 is 16.4 Å². The molecule has 3 aromatic rings. The number of benzene rings is 3. The Kier molecular flexibility index (Phi) is 7.58. The van der Waals surface area contributed by atoms with Crippen LogP contribution in [0.1, 0.15) is 37.8 Å². The number of rotatable bonds is 7. The predicted molar refractivity (Wildman–Crippen MR) is 146 cm³/mol. The highest BCUT2D eigenvalue weighted by molar-refractivity contribution is 6.15. The smallest absolute Gasteiger partial charge is 0.241 e. The number of nitrogens with one attached hydrogen (secondary N) is 3. The van der Waals surface area contributed by atoms with Crippen LogP contribution in [0.4, 0.5) is 11.4 Å². The van der Waals surface area contributed by atoms with Crippen molar-refractivity contribution in [1.29, 1.82) is 5.41 Å². The van der Waals surface area contributed by atoms with Crippen molar-refractivity contribution in [2.24, 2.45) is 0 Å². The van der Waals surface area contributed by atoms with Crippen molar-refractivity contribution in [1.82, 2.24) is 5.32 Å². The molecule has 0 fully saturated rings. The van der Waals surface area contributed by atoms with Crippen LogP contribution in [0.5, 0.6) is 0 Å². The molecule has 1 aliphatic heterocycles. The Bertz CT molecular complexity index is 1290. The van der Waals surface area contributed by atoms with Crippen molar-refractivity contribution in [3.63, 3.8) is 0 Å². The van der Waals surface area contributed by atoms with Crippen LogP contribution in [0.15, 0.2) is 96.1 Å². The van der Waals surface area contributed by atoms with Crippen LogP contribution >= 0.6 is 0 Å². The minimum Gasteiger partial charge on any atom is -0.398 e. The lowest BCUT2D eigenvalue weighted by Crippen LogP contribution is -2.44. The van der Waals surface area contributed by atoms with Gasteiger partial charge in [0, 0.05) is 29.0 Å². The third-order valence-electron chi connectivity index (χ3n) is 6.40. The van der Waals surface area contributed by atoms with Gasteiger partial charge >= 0.3 is 0 Å². The molecule has 1 heterocycles. The number of anilines is 2. The fraction of sp³-hybridized carbons (Fsp3) is 0.200. The maximum absolute atomic E-state index is 13.0. The van der Waals surface area contributed by atoms with Crippen molar-refractivity contribution >= 4 is 23.0 Å². The minimum absolute atomic E-state index is 0.0875. The molecule has 0 aliphatic carbocycles. The molecule has 0 aromatic heterocycles. The van der Waals surface area contributed by atoms with Crippen LogP contribution in [-0.2, 0) is 4.79 Å². The zero-order valence-corrected chi connectivity index (χ0v) is 20.3. The van der Waals surface area contributed by atoms with Crippen molar-refractivity contribution in [2.45, 2.75) is 32.7 Å². The minimum atomic E-state index is -0.306. The quantitative estimate of drug-likeness (QED) is 0.258. The Balaban J connectivity index is 1.53. The average Bonchev–Trinajstić information content (AvgIpc) is 2.90. The maximum Gasteiger partial charge on any atom is 0.241 e. The van der Waals surface area contributed by atoms with E-state index in [0.717, 1.165) is 23.1 Å². The molecule has 1 atom stereocenters. The van der Waals surface area contributed by atoms with Gasteiger partial charge in [0.25, 0.3) is 0 Å². The van der Waals surface area contributed by atoms with E-state index < -0.39 is 0 Å². The first-order valence-electron chi connectivity index (χ1n) is 12.0. The van der Waals surface area contributed by atoms with Crippen LogP contribution in [0.2, 0.25) is 0 Å².